The Morgan fingerprint density at radius 2 is 1.77 bits per heavy atom. The highest BCUT2D eigenvalue weighted by atomic mass is 16.5. The van der Waals surface area contributed by atoms with E-state index >= 15 is 0 Å². The maximum absolute atomic E-state index is 13.1. The van der Waals surface area contributed by atoms with E-state index in [0.29, 0.717) is 11.3 Å². The quantitative estimate of drug-likeness (QED) is 0.575. The molecule has 0 N–H and O–H groups in total. The Morgan fingerprint density at radius 3 is 2.50 bits per heavy atom. The molecule has 3 aromatic rings. The molecule has 0 spiro atoms. The highest BCUT2D eigenvalue weighted by Crippen LogP contribution is 2.42. The van der Waals surface area contributed by atoms with E-state index in [1.165, 1.54) is 0 Å². The van der Waals surface area contributed by atoms with Crippen LogP contribution in [0.15, 0.2) is 40.9 Å². The Kier molecular flexibility index (Phi) is 2.79. The predicted octanol–water partition coefficient (Wildman–Crippen LogP) is 3.89. The number of anilines is 1. The van der Waals surface area contributed by atoms with Gasteiger partial charge in [0, 0.05) is 29.9 Å². The van der Waals surface area contributed by atoms with Crippen LogP contribution in [0.25, 0.3) is 22.2 Å². The molecular formula is C18H16N2O2. The number of rotatable bonds is 3. The lowest BCUT2D eigenvalue weighted by Gasteiger charge is -2.25. The standard InChI is InChI=1S/C18H16N2O2/c1-3-20(4-2)14-10-9-13-15-16(14)17(21)11-7-5-6-8-12(11)18(15)22-19-13/h5-10H,3-4H2,1-2H3. The van der Waals surface area contributed by atoms with Gasteiger partial charge in [-0.15, -0.1) is 0 Å². The highest BCUT2D eigenvalue weighted by molar-refractivity contribution is 6.27. The van der Waals surface area contributed by atoms with E-state index in [1.807, 2.05) is 36.4 Å². The van der Waals surface area contributed by atoms with Crippen LogP contribution in [-0.4, -0.2) is 24.0 Å². The third-order valence-corrected chi connectivity index (χ3v) is 4.37. The zero-order valence-corrected chi connectivity index (χ0v) is 12.6. The summed E-state index contributed by atoms with van der Waals surface area (Å²) >= 11 is 0. The molecule has 1 aromatic heterocycles. The fourth-order valence-corrected chi connectivity index (χ4v) is 3.28. The lowest BCUT2D eigenvalue weighted by molar-refractivity contribution is 0.104. The third-order valence-electron chi connectivity index (χ3n) is 4.37. The molecule has 4 nitrogen and oxygen atoms in total. The van der Waals surface area contributed by atoms with Gasteiger partial charge in [-0.1, -0.05) is 29.4 Å². The molecule has 0 saturated heterocycles. The van der Waals surface area contributed by atoms with Gasteiger partial charge in [0.1, 0.15) is 5.52 Å². The van der Waals surface area contributed by atoms with E-state index in [0.717, 1.165) is 40.8 Å². The first kappa shape index (κ1) is 13.1. The Labute approximate surface area is 128 Å². The van der Waals surface area contributed by atoms with Gasteiger partial charge in [0.2, 0.25) is 0 Å². The topological polar surface area (TPSA) is 46.3 Å². The smallest absolute Gasteiger partial charge is 0.196 e. The molecule has 2 aromatic carbocycles. The van der Waals surface area contributed by atoms with Crippen molar-refractivity contribution in [3.8, 4) is 11.3 Å². The Balaban J connectivity index is 2.11. The zero-order chi connectivity index (χ0) is 15.3. The largest absolute Gasteiger partial charge is 0.371 e. The highest BCUT2D eigenvalue weighted by Gasteiger charge is 2.31. The average Bonchev–Trinajstić information content (AvgIpc) is 2.99. The number of ketones is 1. The Hall–Kier alpha value is -2.62. The number of carbonyl (C=O) groups excluding carboxylic acids is 1. The summed E-state index contributed by atoms with van der Waals surface area (Å²) in [5.41, 5.74) is 3.94. The molecule has 0 atom stereocenters. The van der Waals surface area contributed by atoms with Crippen molar-refractivity contribution in [3.63, 3.8) is 0 Å². The fourth-order valence-electron chi connectivity index (χ4n) is 3.28. The molecule has 1 aliphatic carbocycles. The molecule has 22 heavy (non-hydrogen) atoms. The zero-order valence-electron chi connectivity index (χ0n) is 12.6. The predicted molar refractivity (Wildman–Crippen MR) is 86.4 cm³/mol. The van der Waals surface area contributed by atoms with Crippen molar-refractivity contribution in [3.05, 3.63) is 47.5 Å². The summed E-state index contributed by atoms with van der Waals surface area (Å²) in [6.07, 6.45) is 0. The third kappa shape index (κ3) is 1.58. The number of aromatic nitrogens is 1. The molecule has 0 bridgehead atoms. The van der Waals surface area contributed by atoms with Crippen LogP contribution in [0.5, 0.6) is 0 Å². The number of fused-ring (bicyclic) bond motifs is 2. The number of benzene rings is 2. The van der Waals surface area contributed by atoms with Crippen LogP contribution < -0.4 is 4.90 Å². The molecule has 0 fully saturated rings. The molecule has 4 rings (SSSR count). The van der Waals surface area contributed by atoms with Gasteiger partial charge in [0.05, 0.1) is 10.9 Å². The van der Waals surface area contributed by atoms with Crippen molar-refractivity contribution in [2.75, 3.05) is 18.0 Å². The summed E-state index contributed by atoms with van der Waals surface area (Å²) in [4.78, 5) is 15.2. The lowest BCUT2D eigenvalue weighted by atomic mass is 9.86. The van der Waals surface area contributed by atoms with Crippen LogP contribution in [0, 0.1) is 0 Å². The van der Waals surface area contributed by atoms with Crippen LogP contribution in [-0.2, 0) is 0 Å². The van der Waals surface area contributed by atoms with Crippen LogP contribution >= 0.6 is 0 Å². The van der Waals surface area contributed by atoms with Gasteiger partial charge in [0.25, 0.3) is 0 Å². The SMILES string of the molecule is CCN(CC)c1ccc2noc3c2c1C(=O)c1ccccc1-3. The first-order chi connectivity index (χ1) is 10.8. The maximum Gasteiger partial charge on any atom is 0.196 e. The molecule has 1 heterocycles. The van der Waals surface area contributed by atoms with Crippen molar-refractivity contribution in [2.45, 2.75) is 13.8 Å². The van der Waals surface area contributed by atoms with Crippen LogP contribution in [0.2, 0.25) is 0 Å². The van der Waals surface area contributed by atoms with Crippen molar-refractivity contribution < 1.29 is 9.32 Å². The summed E-state index contributed by atoms with van der Waals surface area (Å²) in [6, 6.07) is 11.5. The van der Waals surface area contributed by atoms with Gasteiger partial charge in [-0.05, 0) is 26.0 Å². The van der Waals surface area contributed by atoms with Gasteiger partial charge in [-0.2, -0.15) is 0 Å². The van der Waals surface area contributed by atoms with Gasteiger partial charge >= 0.3 is 0 Å². The number of nitrogens with zero attached hydrogens (tertiary/aromatic N) is 2. The van der Waals surface area contributed by atoms with E-state index in [9.17, 15) is 4.79 Å². The van der Waals surface area contributed by atoms with Gasteiger partial charge in [-0.3, -0.25) is 4.79 Å². The van der Waals surface area contributed by atoms with Gasteiger partial charge < -0.3 is 9.42 Å². The monoisotopic (exact) mass is 292 g/mol. The van der Waals surface area contributed by atoms with E-state index < -0.39 is 0 Å². The minimum absolute atomic E-state index is 0.0544. The minimum atomic E-state index is 0.0544. The molecule has 0 saturated carbocycles. The van der Waals surface area contributed by atoms with E-state index in [2.05, 4.69) is 23.9 Å². The van der Waals surface area contributed by atoms with Gasteiger partial charge in [0.15, 0.2) is 11.5 Å². The first-order valence-electron chi connectivity index (χ1n) is 7.57. The number of carbonyl (C=O) groups is 1. The fraction of sp³-hybridized carbons (Fsp3) is 0.222. The summed E-state index contributed by atoms with van der Waals surface area (Å²) < 4.78 is 5.55. The van der Waals surface area contributed by atoms with E-state index in [4.69, 9.17) is 4.52 Å². The summed E-state index contributed by atoms with van der Waals surface area (Å²) in [7, 11) is 0. The first-order valence-corrected chi connectivity index (χ1v) is 7.57. The summed E-state index contributed by atoms with van der Waals surface area (Å²) in [5.74, 6) is 0.757. The molecule has 1 aliphatic rings. The minimum Gasteiger partial charge on any atom is -0.371 e. The van der Waals surface area contributed by atoms with Crippen molar-refractivity contribution in [1.29, 1.82) is 0 Å². The maximum atomic E-state index is 13.1. The average molecular weight is 292 g/mol. The number of hydrogen-bond donors (Lipinski definition) is 0. The van der Waals surface area contributed by atoms with Crippen molar-refractivity contribution in [1.82, 2.24) is 5.16 Å². The summed E-state index contributed by atoms with van der Waals surface area (Å²) in [5, 5.41) is 4.97. The van der Waals surface area contributed by atoms with E-state index in [1.54, 1.807) is 0 Å². The Bertz CT molecular complexity index is 891. The molecule has 0 unspecified atom stereocenters. The van der Waals surface area contributed by atoms with Crippen LogP contribution in [0.1, 0.15) is 29.8 Å². The molecule has 0 amide bonds. The normalized spacial score (nSPS) is 12.5. The second kappa shape index (κ2) is 4.70. The Morgan fingerprint density at radius 1 is 1.05 bits per heavy atom. The van der Waals surface area contributed by atoms with Gasteiger partial charge in [-0.25, -0.2) is 0 Å². The van der Waals surface area contributed by atoms with Crippen LogP contribution in [0.3, 0.4) is 0 Å². The van der Waals surface area contributed by atoms with Crippen molar-refractivity contribution in [2.24, 2.45) is 0 Å². The molecule has 0 radical (unpaired) electrons. The molecule has 4 heteroatoms. The molecule has 110 valence electrons. The molecular weight excluding hydrogens is 276 g/mol. The van der Waals surface area contributed by atoms with Crippen LogP contribution in [0.4, 0.5) is 5.69 Å². The lowest BCUT2D eigenvalue weighted by Crippen LogP contribution is -2.25. The second-order valence-electron chi connectivity index (χ2n) is 5.41. The second-order valence-corrected chi connectivity index (χ2v) is 5.41. The summed E-state index contributed by atoms with van der Waals surface area (Å²) in [6.45, 7) is 5.89. The van der Waals surface area contributed by atoms with E-state index in [-0.39, 0.29) is 5.78 Å². The molecule has 0 aliphatic heterocycles. The number of hydrogen-bond acceptors (Lipinski definition) is 4. The van der Waals surface area contributed by atoms with Crippen molar-refractivity contribution >= 4 is 22.4 Å².